The molecule has 1 aromatic rings. The first-order valence-electron chi connectivity index (χ1n) is 15.6. The van der Waals surface area contributed by atoms with Gasteiger partial charge in [-0.1, -0.05) is 58.3 Å². The maximum absolute atomic E-state index is 14.2. The topological polar surface area (TPSA) is 91.0 Å². The van der Waals surface area contributed by atoms with Crippen LogP contribution in [0.4, 0.5) is 5.69 Å². The Morgan fingerprint density at radius 1 is 1.10 bits per heavy atom. The van der Waals surface area contributed by atoms with E-state index >= 15 is 0 Å². The van der Waals surface area contributed by atoms with Crippen molar-refractivity contribution in [2.45, 2.75) is 90.5 Å². The molecular formula is C33H48N4O4. The molecule has 1 spiro atoms. The molecule has 0 unspecified atom stereocenters. The number of likely N-dealkylation sites (N-methyl/N-ethyl adjacent to an activating group) is 1. The van der Waals surface area contributed by atoms with E-state index < -0.39 is 29.6 Å². The number of carbonyl (C=O) groups is 3. The number of hydrogen-bond donors (Lipinski definition) is 2. The fraction of sp³-hybridized carbons (Fsp3) is 0.667. The van der Waals surface area contributed by atoms with Crippen molar-refractivity contribution in [3.63, 3.8) is 0 Å². The first-order chi connectivity index (χ1) is 19.6. The average Bonchev–Trinajstić information content (AvgIpc) is 3.55. The summed E-state index contributed by atoms with van der Waals surface area (Å²) in [5.74, 6) is -1.09. The number of benzene rings is 1. The minimum atomic E-state index is -1.14. The zero-order valence-electron chi connectivity index (χ0n) is 25.6. The number of fused-ring (bicyclic) bond motifs is 1. The highest BCUT2D eigenvalue weighted by Crippen LogP contribution is 2.55. The fourth-order valence-corrected chi connectivity index (χ4v) is 7.65. The molecule has 3 heterocycles. The van der Waals surface area contributed by atoms with Crippen LogP contribution in [0.3, 0.4) is 0 Å². The predicted molar refractivity (Wildman–Crippen MR) is 160 cm³/mol. The summed E-state index contributed by atoms with van der Waals surface area (Å²) in [5.41, 5.74) is 1.68. The van der Waals surface area contributed by atoms with E-state index in [4.69, 9.17) is 4.74 Å². The third kappa shape index (κ3) is 5.57. The molecule has 0 aromatic heterocycles. The predicted octanol–water partition coefficient (Wildman–Crippen LogP) is 4.07. The van der Waals surface area contributed by atoms with Crippen LogP contribution < -0.4 is 10.6 Å². The molecule has 4 aliphatic rings. The largest absolute Gasteiger partial charge is 0.359 e. The van der Waals surface area contributed by atoms with Crippen LogP contribution >= 0.6 is 0 Å². The number of ether oxygens (including phenoxy) is 1. The van der Waals surface area contributed by atoms with Crippen molar-refractivity contribution in [2.75, 3.05) is 32.0 Å². The fourth-order valence-electron chi connectivity index (χ4n) is 7.65. The van der Waals surface area contributed by atoms with Crippen molar-refractivity contribution in [3.8, 4) is 0 Å². The van der Waals surface area contributed by atoms with Gasteiger partial charge in [-0.25, -0.2) is 0 Å². The van der Waals surface area contributed by atoms with Crippen molar-refractivity contribution in [3.05, 3.63) is 41.5 Å². The highest BCUT2D eigenvalue weighted by molar-refractivity contribution is 6.02. The second-order valence-corrected chi connectivity index (χ2v) is 13.1. The number of unbranched alkanes of at least 4 members (excludes halogenated alkanes) is 1. The molecule has 1 saturated carbocycles. The van der Waals surface area contributed by atoms with Crippen molar-refractivity contribution < 1.29 is 19.1 Å². The minimum absolute atomic E-state index is 0.0668. The van der Waals surface area contributed by atoms with Crippen LogP contribution in [0.1, 0.15) is 64.0 Å². The van der Waals surface area contributed by atoms with Crippen molar-refractivity contribution in [1.29, 1.82) is 0 Å². The Labute approximate surface area is 245 Å². The Bertz CT molecular complexity index is 1180. The molecule has 224 valence electrons. The number of rotatable bonds is 10. The van der Waals surface area contributed by atoms with Gasteiger partial charge in [-0.15, -0.1) is 0 Å². The van der Waals surface area contributed by atoms with E-state index in [1.54, 1.807) is 4.90 Å². The smallest absolute Gasteiger partial charge is 0.246 e. The molecule has 2 saturated heterocycles. The Morgan fingerprint density at radius 3 is 2.54 bits per heavy atom. The number of amides is 3. The summed E-state index contributed by atoms with van der Waals surface area (Å²) in [5, 5.41) is 6.40. The molecule has 8 nitrogen and oxygen atoms in total. The van der Waals surface area contributed by atoms with Crippen LogP contribution in [0, 0.1) is 37.5 Å². The summed E-state index contributed by atoms with van der Waals surface area (Å²) in [4.78, 5) is 46.1. The van der Waals surface area contributed by atoms with Gasteiger partial charge in [0, 0.05) is 24.8 Å². The molecule has 0 radical (unpaired) electrons. The minimum Gasteiger partial charge on any atom is -0.359 e. The summed E-state index contributed by atoms with van der Waals surface area (Å²) >= 11 is 0. The summed E-state index contributed by atoms with van der Waals surface area (Å²) in [6.07, 6.45) is 8.62. The van der Waals surface area contributed by atoms with E-state index in [0.29, 0.717) is 30.6 Å². The maximum Gasteiger partial charge on any atom is 0.246 e. The highest BCUT2D eigenvalue weighted by atomic mass is 16.5. The van der Waals surface area contributed by atoms with Gasteiger partial charge in [0.05, 0.1) is 17.9 Å². The van der Waals surface area contributed by atoms with Crippen LogP contribution in [0.15, 0.2) is 30.4 Å². The molecule has 1 aliphatic carbocycles. The SMILES string of the molecule is CCCCN(C)CCN1C(=O)[C@@H]2[C@H](C(=O)Nc3cc(C)cc(C)c3)[C@@H]3C=C[C@@]2(O3)[C@@H]1C(=O)N[C@@H]1CCC[C@@H](C)[C@@H]1C. The molecule has 41 heavy (non-hydrogen) atoms. The summed E-state index contributed by atoms with van der Waals surface area (Å²) in [7, 11) is 2.05. The average molecular weight is 565 g/mol. The van der Waals surface area contributed by atoms with Crippen LogP contribution in [0.25, 0.3) is 0 Å². The first-order valence-corrected chi connectivity index (χ1v) is 15.6. The zero-order valence-corrected chi connectivity index (χ0v) is 25.6. The van der Waals surface area contributed by atoms with Gasteiger partial charge in [0.2, 0.25) is 17.7 Å². The Kier molecular flexibility index (Phi) is 8.63. The molecule has 2 bridgehead atoms. The molecule has 8 atom stereocenters. The van der Waals surface area contributed by atoms with Crippen LogP contribution in [-0.2, 0) is 19.1 Å². The van der Waals surface area contributed by atoms with Gasteiger partial charge < -0.3 is 25.2 Å². The summed E-state index contributed by atoms with van der Waals surface area (Å²) in [6.45, 7) is 12.6. The first kappa shape index (κ1) is 29.8. The number of anilines is 1. The summed E-state index contributed by atoms with van der Waals surface area (Å²) < 4.78 is 6.54. The molecule has 8 heteroatoms. The second-order valence-electron chi connectivity index (χ2n) is 13.1. The van der Waals surface area contributed by atoms with Gasteiger partial charge in [0.1, 0.15) is 11.6 Å². The third-order valence-corrected chi connectivity index (χ3v) is 10.1. The Hall–Kier alpha value is -2.71. The Morgan fingerprint density at radius 2 is 1.83 bits per heavy atom. The van der Waals surface area contributed by atoms with Crippen LogP contribution in [-0.4, -0.2) is 78.0 Å². The zero-order chi connectivity index (χ0) is 29.5. The van der Waals surface area contributed by atoms with Gasteiger partial charge in [-0.2, -0.15) is 0 Å². The van der Waals surface area contributed by atoms with E-state index in [9.17, 15) is 14.4 Å². The third-order valence-electron chi connectivity index (χ3n) is 10.1. The van der Waals surface area contributed by atoms with Crippen molar-refractivity contribution >= 4 is 23.4 Å². The van der Waals surface area contributed by atoms with E-state index in [-0.39, 0.29) is 23.8 Å². The van der Waals surface area contributed by atoms with Gasteiger partial charge in [-0.3, -0.25) is 14.4 Å². The monoisotopic (exact) mass is 564 g/mol. The molecule has 3 aliphatic heterocycles. The number of hydrogen-bond acceptors (Lipinski definition) is 5. The van der Waals surface area contributed by atoms with Gasteiger partial charge in [0.25, 0.3) is 0 Å². The number of carbonyl (C=O) groups excluding carboxylic acids is 3. The number of nitrogens with zero attached hydrogens (tertiary/aromatic N) is 2. The highest BCUT2D eigenvalue weighted by Gasteiger charge is 2.72. The lowest BCUT2D eigenvalue weighted by Crippen LogP contribution is -2.58. The molecule has 3 amide bonds. The quantitative estimate of drug-likeness (QED) is 0.418. The van der Waals surface area contributed by atoms with Crippen molar-refractivity contribution in [1.82, 2.24) is 15.1 Å². The molecule has 1 aromatic carbocycles. The van der Waals surface area contributed by atoms with E-state index in [0.717, 1.165) is 43.4 Å². The lowest BCUT2D eigenvalue weighted by molar-refractivity contribution is -0.141. The van der Waals surface area contributed by atoms with E-state index in [1.165, 1.54) is 6.42 Å². The second kappa shape index (κ2) is 11.9. The maximum atomic E-state index is 14.2. The van der Waals surface area contributed by atoms with Gasteiger partial charge in [0.15, 0.2) is 0 Å². The van der Waals surface area contributed by atoms with Gasteiger partial charge >= 0.3 is 0 Å². The molecular weight excluding hydrogens is 516 g/mol. The lowest BCUT2D eigenvalue weighted by atomic mass is 9.73. The summed E-state index contributed by atoms with van der Waals surface area (Å²) in [6, 6.07) is 5.19. The van der Waals surface area contributed by atoms with E-state index in [1.807, 2.05) is 38.1 Å². The number of nitrogens with one attached hydrogen (secondary N) is 2. The van der Waals surface area contributed by atoms with Crippen LogP contribution in [0.5, 0.6) is 0 Å². The number of aryl methyl sites for hydroxylation is 2. The van der Waals surface area contributed by atoms with Gasteiger partial charge in [-0.05, 0) is 75.4 Å². The molecule has 3 fully saturated rings. The van der Waals surface area contributed by atoms with Crippen molar-refractivity contribution in [2.24, 2.45) is 23.7 Å². The van der Waals surface area contributed by atoms with E-state index in [2.05, 4.69) is 49.4 Å². The number of likely N-dealkylation sites (tertiary alicyclic amines) is 1. The normalized spacial score (nSPS) is 33.9. The Balaban J connectivity index is 1.42. The standard InChI is InChI=1S/C33H48N4O4/c1-7-8-14-36(6)15-16-37-29(31(39)35-25-11-9-10-22(4)23(25)5)33-13-12-26(41-33)27(28(33)32(37)40)30(38)34-24-18-20(2)17-21(3)19-24/h12-13,17-19,22-23,25-29H,7-11,14-16H2,1-6H3,(H,34,38)(H,35,39)/t22-,23+,25-,26+,27-,28+,29+,33+/m1/s1. The van der Waals surface area contributed by atoms with Crippen LogP contribution in [0.2, 0.25) is 0 Å². The lowest BCUT2D eigenvalue weighted by Gasteiger charge is -2.38. The molecule has 5 rings (SSSR count). The molecule has 2 N–H and O–H groups in total.